The van der Waals surface area contributed by atoms with Crippen LogP contribution in [0, 0.1) is 6.92 Å². The average Bonchev–Trinajstić information content (AvgIpc) is 3.08. The number of aromatic nitrogens is 2. The summed E-state index contributed by atoms with van der Waals surface area (Å²) in [6, 6.07) is 8.14. The number of ether oxygens (including phenoxy) is 1. The fraction of sp³-hybridized carbons (Fsp3) is 0.167. The van der Waals surface area contributed by atoms with Crippen LogP contribution in [0.5, 0.6) is 5.75 Å². The Labute approximate surface area is 167 Å². The van der Waals surface area contributed by atoms with Crippen molar-refractivity contribution in [1.82, 2.24) is 10.2 Å². The van der Waals surface area contributed by atoms with E-state index in [2.05, 4.69) is 15.5 Å². The molecular weight excluding hydrogens is 402 g/mol. The van der Waals surface area contributed by atoms with Crippen LogP contribution in [0.4, 0.5) is 5.13 Å². The predicted molar refractivity (Wildman–Crippen MR) is 105 cm³/mol. The second-order valence-corrected chi connectivity index (χ2v) is 7.88. The van der Waals surface area contributed by atoms with Crippen molar-refractivity contribution < 1.29 is 18.7 Å². The molecule has 1 amide bonds. The minimum Gasteiger partial charge on any atom is -0.464 e. The molecule has 0 spiro atoms. The van der Waals surface area contributed by atoms with Crippen LogP contribution in [0.25, 0.3) is 0 Å². The Morgan fingerprint density at radius 1 is 1.29 bits per heavy atom. The van der Waals surface area contributed by atoms with Crippen LogP contribution in [0.1, 0.15) is 28.6 Å². The van der Waals surface area contributed by atoms with Gasteiger partial charge in [0.2, 0.25) is 22.2 Å². The van der Waals surface area contributed by atoms with Crippen LogP contribution < -0.4 is 15.5 Å². The van der Waals surface area contributed by atoms with Gasteiger partial charge in [-0.15, -0.1) is 10.2 Å². The van der Waals surface area contributed by atoms with Gasteiger partial charge in [0.15, 0.2) is 4.34 Å². The van der Waals surface area contributed by atoms with E-state index in [9.17, 15) is 14.4 Å². The molecule has 0 unspecified atom stereocenters. The number of benzene rings is 1. The first kappa shape index (κ1) is 19.8. The van der Waals surface area contributed by atoms with Crippen LogP contribution in [0.15, 0.2) is 50.1 Å². The summed E-state index contributed by atoms with van der Waals surface area (Å²) < 4.78 is 11.1. The third-order valence-corrected chi connectivity index (χ3v) is 5.33. The number of hydrogen-bond donors (Lipinski definition) is 1. The number of esters is 1. The maximum absolute atomic E-state index is 12.2. The Hall–Kier alpha value is -2.98. The molecule has 2 aromatic heterocycles. The maximum Gasteiger partial charge on any atom is 0.343 e. The first-order chi connectivity index (χ1) is 13.4. The largest absolute Gasteiger partial charge is 0.464 e. The number of thioether (sulfide) groups is 1. The first-order valence-electron chi connectivity index (χ1n) is 8.05. The van der Waals surface area contributed by atoms with Crippen molar-refractivity contribution in [1.29, 1.82) is 0 Å². The fourth-order valence-corrected chi connectivity index (χ4v) is 3.81. The lowest BCUT2D eigenvalue weighted by Gasteiger charge is -2.05. The lowest BCUT2D eigenvalue weighted by Crippen LogP contribution is -2.14. The maximum atomic E-state index is 12.2. The molecule has 1 aromatic carbocycles. The van der Waals surface area contributed by atoms with Crippen LogP contribution in [-0.2, 0) is 10.5 Å². The van der Waals surface area contributed by atoms with Gasteiger partial charge in [-0.2, -0.15) is 0 Å². The van der Waals surface area contributed by atoms with Gasteiger partial charge in [-0.1, -0.05) is 40.8 Å². The number of aryl methyl sites for hydroxylation is 1. The number of amides is 1. The highest BCUT2D eigenvalue weighted by Gasteiger charge is 2.13. The lowest BCUT2D eigenvalue weighted by atomic mass is 10.1. The number of nitrogens with one attached hydrogen (secondary N) is 1. The zero-order valence-electron chi connectivity index (χ0n) is 14.9. The normalized spacial score (nSPS) is 10.5. The van der Waals surface area contributed by atoms with Crippen LogP contribution in [0.2, 0.25) is 0 Å². The van der Waals surface area contributed by atoms with Gasteiger partial charge in [0, 0.05) is 13.0 Å². The zero-order valence-corrected chi connectivity index (χ0v) is 16.6. The van der Waals surface area contributed by atoms with Crippen molar-refractivity contribution in [2.45, 2.75) is 23.9 Å². The van der Waals surface area contributed by atoms with Crippen molar-refractivity contribution in [2.75, 3.05) is 5.32 Å². The van der Waals surface area contributed by atoms with Crippen molar-refractivity contribution in [3.8, 4) is 5.75 Å². The summed E-state index contributed by atoms with van der Waals surface area (Å²) in [6.45, 7) is 3.24. The molecule has 0 aliphatic carbocycles. The van der Waals surface area contributed by atoms with Gasteiger partial charge in [0.05, 0.1) is 11.3 Å². The van der Waals surface area contributed by atoms with E-state index in [-0.39, 0.29) is 11.7 Å². The Kier molecular flexibility index (Phi) is 6.22. The van der Waals surface area contributed by atoms with Crippen molar-refractivity contribution in [2.24, 2.45) is 0 Å². The third-order valence-electron chi connectivity index (χ3n) is 3.34. The molecule has 3 rings (SSSR count). The second kappa shape index (κ2) is 8.81. The molecule has 0 fully saturated rings. The molecule has 28 heavy (non-hydrogen) atoms. The molecule has 0 saturated carbocycles. The minimum absolute atomic E-state index is 0.177. The van der Waals surface area contributed by atoms with Gasteiger partial charge < -0.3 is 14.5 Å². The number of carbonyl (C=O) groups is 2. The summed E-state index contributed by atoms with van der Waals surface area (Å²) in [5.74, 6) is -0.312. The SMILES string of the molecule is CC(=O)Nc1nnc(SCc2cc(=O)c(OC(=O)c3cccc(C)c3)co2)s1. The zero-order chi connectivity index (χ0) is 20.1. The van der Waals surface area contributed by atoms with Crippen LogP contribution in [0.3, 0.4) is 0 Å². The average molecular weight is 417 g/mol. The van der Waals surface area contributed by atoms with E-state index in [1.54, 1.807) is 18.2 Å². The highest BCUT2D eigenvalue weighted by molar-refractivity contribution is 8.00. The topological polar surface area (TPSA) is 111 Å². The second-order valence-electron chi connectivity index (χ2n) is 5.68. The molecule has 3 aromatic rings. The first-order valence-corrected chi connectivity index (χ1v) is 9.85. The smallest absolute Gasteiger partial charge is 0.343 e. The Morgan fingerprint density at radius 2 is 2.11 bits per heavy atom. The highest BCUT2D eigenvalue weighted by Crippen LogP contribution is 2.28. The minimum atomic E-state index is -0.627. The van der Waals surface area contributed by atoms with E-state index < -0.39 is 11.4 Å². The van der Waals surface area contributed by atoms with Gasteiger partial charge in [0.1, 0.15) is 12.0 Å². The number of nitrogens with zero attached hydrogens (tertiary/aromatic N) is 2. The third kappa shape index (κ3) is 5.27. The van der Waals surface area contributed by atoms with E-state index in [0.717, 1.165) is 11.8 Å². The van der Waals surface area contributed by atoms with Gasteiger partial charge in [0.25, 0.3) is 0 Å². The molecule has 0 bridgehead atoms. The molecular formula is C18H15N3O5S2. The summed E-state index contributed by atoms with van der Waals surface area (Å²) in [5, 5.41) is 10.7. The molecule has 0 aliphatic heterocycles. The summed E-state index contributed by atoms with van der Waals surface area (Å²) in [5.41, 5.74) is 0.802. The highest BCUT2D eigenvalue weighted by atomic mass is 32.2. The summed E-state index contributed by atoms with van der Waals surface area (Å²) in [4.78, 5) is 35.3. The Balaban J connectivity index is 1.62. The summed E-state index contributed by atoms with van der Waals surface area (Å²) in [7, 11) is 0. The summed E-state index contributed by atoms with van der Waals surface area (Å²) in [6.07, 6.45) is 1.12. The molecule has 0 saturated heterocycles. The van der Waals surface area contributed by atoms with Gasteiger partial charge in [-0.05, 0) is 19.1 Å². The predicted octanol–water partition coefficient (Wildman–Crippen LogP) is 3.27. The molecule has 144 valence electrons. The standard InChI is InChI=1S/C18H15N3O5S2/c1-10-4-3-5-12(6-10)16(24)26-15-8-25-13(7-14(15)23)9-27-18-21-20-17(28-18)19-11(2)22/h3-8H,9H2,1-2H3,(H,19,20,22). The Bertz CT molecular complexity index is 1080. The van der Waals surface area contributed by atoms with Crippen LogP contribution >= 0.6 is 23.1 Å². The van der Waals surface area contributed by atoms with Crippen molar-refractivity contribution >= 4 is 40.1 Å². The molecule has 8 nitrogen and oxygen atoms in total. The molecule has 1 N–H and O–H groups in total. The van der Waals surface area contributed by atoms with Gasteiger partial charge >= 0.3 is 5.97 Å². The van der Waals surface area contributed by atoms with E-state index >= 15 is 0 Å². The quantitative estimate of drug-likeness (QED) is 0.369. The summed E-state index contributed by atoms with van der Waals surface area (Å²) >= 11 is 2.52. The fourth-order valence-electron chi connectivity index (χ4n) is 2.12. The number of rotatable bonds is 6. The van der Waals surface area contributed by atoms with E-state index in [0.29, 0.717) is 26.5 Å². The molecule has 0 radical (unpaired) electrons. The molecule has 2 heterocycles. The van der Waals surface area contributed by atoms with Crippen molar-refractivity contribution in [3.05, 3.63) is 63.7 Å². The van der Waals surface area contributed by atoms with Crippen molar-refractivity contribution in [3.63, 3.8) is 0 Å². The number of anilines is 1. The molecule has 0 aliphatic rings. The molecule has 0 atom stereocenters. The Morgan fingerprint density at radius 3 is 2.82 bits per heavy atom. The number of hydrogen-bond acceptors (Lipinski definition) is 9. The monoisotopic (exact) mass is 417 g/mol. The molecule has 10 heteroatoms. The lowest BCUT2D eigenvalue weighted by molar-refractivity contribution is -0.114. The number of carbonyl (C=O) groups excluding carboxylic acids is 2. The van der Waals surface area contributed by atoms with E-state index in [1.165, 1.54) is 36.1 Å². The van der Waals surface area contributed by atoms with E-state index in [1.807, 2.05) is 13.0 Å². The van der Waals surface area contributed by atoms with Gasteiger partial charge in [-0.3, -0.25) is 9.59 Å². The van der Waals surface area contributed by atoms with E-state index in [4.69, 9.17) is 9.15 Å². The van der Waals surface area contributed by atoms with Gasteiger partial charge in [-0.25, -0.2) is 4.79 Å². The van der Waals surface area contributed by atoms with Crippen LogP contribution in [-0.4, -0.2) is 22.1 Å².